The van der Waals surface area contributed by atoms with Crippen LogP contribution >= 0.6 is 0 Å². The van der Waals surface area contributed by atoms with Crippen LogP contribution in [0.15, 0.2) is 72.8 Å². The van der Waals surface area contributed by atoms with Gasteiger partial charge in [-0.05, 0) is 72.2 Å². The summed E-state index contributed by atoms with van der Waals surface area (Å²) in [4.78, 5) is 12.1. The first-order chi connectivity index (χ1) is 18.2. The van der Waals surface area contributed by atoms with Crippen LogP contribution in [-0.4, -0.2) is 19.2 Å². The molecular weight excluding hydrogens is 492 g/mol. The molecule has 0 aliphatic carbocycles. The van der Waals surface area contributed by atoms with Gasteiger partial charge in [0.25, 0.3) is 0 Å². The largest absolute Gasteiger partial charge is 0.494 e. The van der Waals surface area contributed by atoms with Gasteiger partial charge in [0.2, 0.25) is 0 Å². The van der Waals surface area contributed by atoms with E-state index in [4.69, 9.17) is 30.9 Å². The number of benzene rings is 3. The highest BCUT2D eigenvalue weighted by molar-refractivity contribution is 5.87. The number of nitrogens with zero attached hydrogens (tertiary/aromatic N) is 1. The Morgan fingerprint density at radius 3 is 2.39 bits per heavy atom. The van der Waals surface area contributed by atoms with Crippen molar-refractivity contribution in [3.8, 4) is 17.6 Å². The van der Waals surface area contributed by atoms with Gasteiger partial charge in [0.1, 0.15) is 11.5 Å². The molecule has 0 heterocycles. The number of hydrogen-bond acceptors (Lipinski definition) is 7. The molecule has 1 atom stereocenters. The molecule has 9 heteroatoms. The van der Waals surface area contributed by atoms with Gasteiger partial charge in [0.05, 0.1) is 24.8 Å². The maximum Gasteiger partial charge on any atom is 0.426 e. The third-order valence-electron chi connectivity index (χ3n) is 5.55. The summed E-state index contributed by atoms with van der Waals surface area (Å²) < 4.78 is 44.8. The number of nitriles is 1. The highest BCUT2D eigenvalue weighted by atomic mass is 19.3. The minimum atomic E-state index is -3.56. The molecule has 198 valence electrons. The number of hydrogen-bond donors (Lipinski definition) is 2. The standard InChI is InChI=1S/C29H29F2N3O4/c1-20(26-14-9-23(33)18-27(26)34)19-37-28(35)15-6-21-4-10-25(11-5-21)38-29(30,31)22-7-12-24(13-8-22)36-17-3-2-16-32/h4-15,18,20H,2-3,17,19,33-34H2,1H3/b15-6+. The van der Waals surface area contributed by atoms with Crippen molar-refractivity contribution < 1.29 is 27.8 Å². The molecule has 0 aromatic heterocycles. The molecule has 3 aromatic carbocycles. The van der Waals surface area contributed by atoms with Gasteiger partial charge >= 0.3 is 12.1 Å². The quantitative estimate of drug-likeness (QED) is 0.129. The second-order valence-electron chi connectivity index (χ2n) is 8.58. The monoisotopic (exact) mass is 521 g/mol. The Morgan fingerprint density at radius 2 is 1.74 bits per heavy atom. The number of anilines is 2. The van der Waals surface area contributed by atoms with Crippen molar-refractivity contribution in [2.45, 2.75) is 31.8 Å². The lowest BCUT2D eigenvalue weighted by Crippen LogP contribution is -2.21. The van der Waals surface area contributed by atoms with Gasteiger partial charge in [-0.1, -0.05) is 25.1 Å². The van der Waals surface area contributed by atoms with E-state index in [-0.39, 0.29) is 23.8 Å². The van der Waals surface area contributed by atoms with Crippen molar-refractivity contribution in [1.29, 1.82) is 5.26 Å². The minimum Gasteiger partial charge on any atom is -0.494 e. The molecule has 0 saturated carbocycles. The average Bonchev–Trinajstić information content (AvgIpc) is 2.89. The Balaban J connectivity index is 1.50. The third kappa shape index (κ3) is 8.23. The zero-order chi connectivity index (χ0) is 27.5. The first-order valence-electron chi connectivity index (χ1n) is 11.9. The Hall–Kier alpha value is -4.58. The van der Waals surface area contributed by atoms with Gasteiger partial charge in [0, 0.05) is 29.8 Å². The van der Waals surface area contributed by atoms with Crippen molar-refractivity contribution in [3.63, 3.8) is 0 Å². The Kier molecular flexibility index (Phi) is 9.66. The van der Waals surface area contributed by atoms with Crippen LogP contribution in [0.4, 0.5) is 20.2 Å². The number of carbonyl (C=O) groups is 1. The number of esters is 1. The predicted molar refractivity (Wildman–Crippen MR) is 141 cm³/mol. The molecule has 38 heavy (non-hydrogen) atoms. The molecule has 0 amide bonds. The van der Waals surface area contributed by atoms with Gasteiger partial charge in [0.15, 0.2) is 0 Å². The van der Waals surface area contributed by atoms with Crippen LogP contribution in [0.25, 0.3) is 6.08 Å². The maximum absolute atomic E-state index is 14.6. The summed E-state index contributed by atoms with van der Waals surface area (Å²) in [5.41, 5.74) is 13.9. The fourth-order valence-electron chi connectivity index (χ4n) is 3.49. The summed E-state index contributed by atoms with van der Waals surface area (Å²) in [7, 11) is 0. The number of carbonyl (C=O) groups excluding carboxylic acids is 1. The Morgan fingerprint density at radius 1 is 1.05 bits per heavy atom. The van der Waals surface area contributed by atoms with E-state index < -0.39 is 12.1 Å². The van der Waals surface area contributed by atoms with Crippen LogP contribution < -0.4 is 20.9 Å². The molecule has 4 N–H and O–H groups in total. The van der Waals surface area contributed by atoms with Crippen molar-refractivity contribution in [1.82, 2.24) is 0 Å². The summed E-state index contributed by atoms with van der Waals surface area (Å²) in [6.45, 7) is 2.35. The molecule has 7 nitrogen and oxygen atoms in total. The molecule has 3 rings (SSSR count). The molecule has 0 spiro atoms. The Bertz CT molecular complexity index is 1290. The topological polar surface area (TPSA) is 121 Å². The highest BCUT2D eigenvalue weighted by Crippen LogP contribution is 2.32. The van der Waals surface area contributed by atoms with E-state index in [1.807, 2.05) is 13.0 Å². The number of nitrogen functional groups attached to an aromatic ring is 2. The SMILES string of the molecule is CC(COC(=O)/C=C/c1ccc(OC(F)(F)c2ccc(OCCCC#N)cc2)cc1)c1ccc(N)cc1N. The number of alkyl halides is 2. The van der Waals surface area contributed by atoms with E-state index in [1.54, 1.807) is 30.3 Å². The van der Waals surface area contributed by atoms with Crippen LogP contribution in [0, 0.1) is 11.3 Å². The van der Waals surface area contributed by atoms with E-state index in [2.05, 4.69) is 0 Å². The lowest BCUT2D eigenvalue weighted by molar-refractivity contribution is -0.185. The van der Waals surface area contributed by atoms with Gasteiger partial charge < -0.3 is 25.7 Å². The van der Waals surface area contributed by atoms with Crippen LogP contribution in [-0.2, 0) is 15.6 Å². The van der Waals surface area contributed by atoms with Crippen molar-refractivity contribution in [2.75, 3.05) is 24.7 Å². The fourth-order valence-corrected chi connectivity index (χ4v) is 3.49. The summed E-state index contributed by atoms with van der Waals surface area (Å²) in [6, 6.07) is 18.4. The van der Waals surface area contributed by atoms with E-state index in [0.29, 0.717) is 42.1 Å². The molecule has 0 saturated heterocycles. The highest BCUT2D eigenvalue weighted by Gasteiger charge is 2.34. The lowest BCUT2D eigenvalue weighted by Gasteiger charge is -2.18. The first kappa shape index (κ1) is 28.0. The second-order valence-corrected chi connectivity index (χ2v) is 8.58. The van der Waals surface area contributed by atoms with Gasteiger partial charge in [-0.3, -0.25) is 0 Å². The van der Waals surface area contributed by atoms with Crippen LogP contribution in [0.3, 0.4) is 0 Å². The summed E-state index contributed by atoms with van der Waals surface area (Å²) in [5, 5.41) is 8.53. The normalized spacial score (nSPS) is 12.1. The van der Waals surface area contributed by atoms with Crippen molar-refractivity contribution >= 4 is 23.4 Å². The zero-order valence-corrected chi connectivity index (χ0v) is 20.9. The first-order valence-corrected chi connectivity index (χ1v) is 11.9. The van der Waals surface area contributed by atoms with E-state index in [1.165, 1.54) is 48.6 Å². The van der Waals surface area contributed by atoms with Gasteiger partial charge in [-0.15, -0.1) is 0 Å². The van der Waals surface area contributed by atoms with E-state index in [0.717, 1.165) is 5.56 Å². The molecule has 1 unspecified atom stereocenters. The molecular formula is C29H29F2N3O4. The smallest absolute Gasteiger partial charge is 0.426 e. The molecule has 0 bridgehead atoms. The molecule has 0 aliphatic heterocycles. The van der Waals surface area contributed by atoms with Gasteiger partial charge in [-0.25, -0.2) is 4.79 Å². The molecule has 0 radical (unpaired) electrons. The fraction of sp³-hybridized carbons (Fsp3) is 0.241. The number of halogens is 2. The van der Waals surface area contributed by atoms with Gasteiger partial charge in [-0.2, -0.15) is 14.0 Å². The van der Waals surface area contributed by atoms with Crippen molar-refractivity contribution in [3.05, 3.63) is 89.5 Å². The number of unbranched alkanes of at least 4 members (excludes halogenated alkanes) is 1. The predicted octanol–water partition coefficient (Wildman–Crippen LogP) is 6.02. The van der Waals surface area contributed by atoms with Crippen molar-refractivity contribution in [2.24, 2.45) is 0 Å². The number of nitrogens with two attached hydrogens (primary N) is 2. The van der Waals surface area contributed by atoms with E-state index in [9.17, 15) is 13.6 Å². The van der Waals surface area contributed by atoms with Crippen LogP contribution in [0.1, 0.15) is 42.4 Å². The number of ether oxygens (including phenoxy) is 3. The van der Waals surface area contributed by atoms with Crippen LogP contribution in [0.5, 0.6) is 11.5 Å². The van der Waals surface area contributed by atoms with E-state index >= 15 is 0 Å². The molecule has 0 fully saturated rings. The molecule has 0 aliphatic rings. The zero-order valence-electron chi connectivity index (χ0n) is 20.9. The summed E-state index contributed by atoms with van der Waals surface area (Å²) in [6.07, 6.45) is 0.132. The third-order valence-corrected chi connectivity index (χ3v) is 5.55. The summed E-state index contributed by atoms with van der Waals surface area (Å²) >= 11 is 0. The second kappa shape index (κ2) is 13.1. The summed E-state index contributed by atoms with van der Waals surface area (Å²) in [5.74, 6) is -0.276. The average molecular weight is 522 g/mol. The minimum absolute atomic E-state index is 0.0403. The lowest BCUT2D eigenvalue weighted by atomic mass is 10.00. The maximum atomic E-state index is 14.6. The molecule has 3 aromatic rings. The number of rotatable bonds is 12. The van der Waals surface area contributed by atoms with Crippen LogP contribution in [0.2, 0.25) is 0 Å². The Labute approximate surface area is 220 Å².